The van der Waals surface area contributed by atoms with Crippen molar-refractivity contribution in [3.63, 3.8) is 0 Å². The van der Waals surface area contributed by atoms with E-state index in [2.05, 4.69) is 62.4 Å². The van der Waals surface area contributed by atoms with Gasteiger partial charge in [0.25, 0.3) is 0 Å². The molecule has 3 rings (SSSR count). The summed E-state index contributed by atoms with van der Waals surface area (Å²) in [5.74, 6) is 0. The minimum Gasteiger partial charge on any atom is -0.198 e. The quantitative estimate of drug-likeness (QED) is 0.751. The number of fused-ring (bicyclic) bond motifs is 3. The van der Waals surface area contributed by atoms with Crippen molar-refractivity contribution in [3.8, 4) is 17.2 Å². The van der Waals surface area contributed by atoms with Gasteiger partial charge < -0.3 is 0 Å². The maximum absolute atomic E-state index is 8.60. The van der Waals surface area contributed by atoms with E-state index >= 15 is 0 Å². The molecule has 2 aromatic carbocycles. The second kappa shape index (κ2) is 4.65. The van der Waals surface area contributed by atoms with Crippen molar-refractivity contribution in [2.75, 3.05) is 0 Å². The number of rotatable bonds is 2. The molecule has 0 radical (unpaired) electrons. The number of hydrogen-bond acceptors (Lipinski definition) is 1. The Kier molecular flexibility index (Phi) is 2.95. The molecule has 0 spiro atoms. The van der Waals surface area contributed by atoms with Gasteiger partial charge in [-0.2, -0.15) is 5.26 Å². The first-order valence-electron chi connectivity index (χ1n) is 6.92. The average molecular weight is 259 g/mol. The molecule has 1 aliphatic rings. The molecule has 0 aliphatic heterocycles. The molecule has 0 saturated heterocycles. The van der Waals surface area contributed by atoms with Gasteiger partial charge in [0.15, 0.2) is 0 Å². The van der Waals surface area contributed by atoms with Gasteiger partial charge >= 0.3 is 0 Å². The third-order valence-electron chi connectivity index (χ3n) is 4.13. The zero-order valence-corrected chi connectivity index (χ0v) is 11.9. The van der Waals surface area contributed by atoms with Crippen LogP contribution in [0, 0.1) is 11.3 Å². The van der Waals surface area contributed by atoms with Gasteiger partial charge in [-0.25, -0.2) is 0 Å². The van der Waals surface area contributed by atoms with Crippen molar-refractivity contribution < 1.29 is 0 Å². The fourth-order valence-electron chi connectivity index (χ4n) is 3.07. The second-order valence-corrected chi connectivity index (χ2v) is 5.74. The summed E-state index contributed by atoms with van der Waals surface area (Å²) < 4.78 is 0. The molecule has 0 bridgehead atoms. The highest BCUT2D eigenvalue weighted by Crippen LogP contribution is 2.48. The SMILES string of the molecule is CC1(C)c2ccccc2-c2ccc(C=CCC#N)cc21. The molecule has 0 aromatic heterocycles. The maximum atomic E-state index is 8.60. The van der Waals surface area contributed by atoms with Crippen molar-refractivity contribution in [3.05, 3.63) is 65.2 Å². The predicted molar refractivity (Wildman–Crippen MR) is 83.3 cm³/mol. The van der Waals surface area contributed by atoms with Crippen molar-refractivity contribution in [2.45, 2.75) is 25.7 Å². The molecule has 0 unspecified atom stereocenters. The summed E-state index contributed by atoms with van der Waals surface area (Å²) in [4.78, 5) is 0. The van der Waals surface area contributed by atoms with Gasteiger partial charge in [0.2, 0.25) is 0 Å². The van der Waals surface area contributed by atoms with Crippen LogP contribution in [0.5, 0.6) is 0 Å². The Morgan fingerprint density at radius 2 is 1.80 bits per heavy atom. The lowest BCUT2D eigenvalue weighted by molar-refractivity contribution is 0.660. The van der Waals surface area contributed by atoms with Crippen LogP contribution in [-0.2, 0) is 5.41 Å². The summed E-state index contributed by atoms with van der Waals surface area (Å²) in [7, 11) is 0. The Morgan fingerprint density at radius 3 is 2.60 bits per heavy atom. The van der Waals surface area contributed by atoms with E-state index in [0.717, 1.165) is 0 Å². The maximum Gasteiger partial charge on any atom is 0.0663 e. The van der Waals surface area contributed by atoms with Crippen LogP contribution in [-0.4, -0.2) is 0 Å². The van der Waals surface area contributed by atoms with E-state index < -0.39 is 0 Å². The Hall–Kier alpha value is -2.33. The summed E-state index contributed by atoms with van der Waals surface area (Å²) in [5.41, 5.74) is 6.67. The number of nitrogens with zero attached hydrogens (tertiary/aromatic N) is 1. The van der Waals surface area contributed by atoms with E-state index in [0.29, 0.717) is 6.42 Å². The molecular weight excluding hydrogens is 242 g/mol. The largest absolute Gasteiger partial charge is 0.198 e. The second-order valence-electron chi connectivity index (χ2n) is 5.74. The smallest absolute Gasteiger partial charge is 0.0663 e. The van der Waals surface area contributed by atoms with Crippen LogP contribution >= 0.6 is 0 Å². The van der Waals surface area contributed by atoms with Crippen LogP contribution < -0.4 is 0 Å². The third-order valence-corrected chi connectivity index (χ3v) is 4.13. The molecule has 1 nitrogen and oxygen atoms in total. The minimum atomic E-state index is 0.0466. The summed E-state index contributed by atoms with van der Waals surface area (Å²) in [6, 6.07) is 17.4. The fraction of sp³-hybridized carbons (Fsp3) is 0.211. The lowest BCUT2D eigenvalue weighted by Gasteiger charge is -2.21. The topological polar surface area (TPSA) is 23.8 Å². The van der Waals surface area contributed by atoms with Crippen LogP contribution in [0.2, 0.25) is 0 Å². The van der Waals surface area contributed by atoms with Crippen LogP contribution in [0.3, 0.4) is 0 Å². The number of benzene rings is 2. The standard InChI is InChI=1S/C19H17N/c1-19(2)17-9-4-3-8-15(17)16-11-10-14(13-18(16)19)7-5-6-12-20/h3-5,7-11,13H,6H2,1-2H3. The monoisotopic (exact) mass is 259 g/mol. The normalized spacial score (nSPS) is 14.8. The first-order valence-corrected chi connectivity index (χ1v) is 6.92. The molecule has 98 valence electrons. The average Bonchev–Trinajstić information content (AvgIpc) is 2.69. The summed E-state index contributed by atoms with van der Waals surface area (Å²) in [6.45, 7) is 4.56. The summed E-state index contributed by atoms with van der Waals surface area (Å²) in [6.07, 6.45) is 4.40. The summed E-state index contributed by atoms with van der Waals surface area (Å²) >= 11 is 0. The Bertz CT molecular complexity index is 730. The third kappa shape index (κ3) is 1.85. The van der Waals surface area contributed by atoms with Crippen LogP contribution in [0.15, 0.2) is 48.5 Å². The van der Waals surface area contributed by atoms with Crippen molar-refractivity contribution >= 4 is 6.08 Å². The van der Waals surface area contributed by atoms with Crippen molar-refractivity contribution in [2.24, 2.45) is 0 Å². The molecule has 0 N–H and O–H groups in total. The zero-order valence-electron chi connectivity index (χ0n) is 11.9. The molecule has 1 heteroatoms. The van der Waals surface area contributed by atoms with Gasteiger partial charge in [0.05, 0.1) is 12.5 Å². The lowest BCUT2D eigenvalue weighted by atomic mass is 9.82. The first kappa shape index (κ1) is 12.7. The van der Waals surface area contributed by atoms with Crippen LogP contribution in [0.4, 0.5) is 0 Å². The Balaban J connectivity index is 2.11. The van der Waals surface area contributed by atoms with Gasteiger partial charge in [0, 0.05) is 5.41 Å². The number of hydrogen-bond donors (Lipinski definition) is 0. The molecule has 20 heavy (non-hydrogen) atoms. The number of allylic oxidation sites excluding steroid dienone is 1. The lowest BCUT2D eigenvalue weighted by Crippen LogP contribution is -2.14. The van der Waals surface area contributed by atoms with E-state index in [1.54, 1.807) is 0 Å². The fourth-order valence-corrected chi connectivity index (χ4v) is 3.07. The van der Waals surface area contributed by atoms with E-state index in [-0.39, 0.29) is 5.41 Å². The minimum absolute atomic E-state index is 0.0466. The van der Waals surface area contributed by atoms with Gasteiger partial charge in [-0.05, 0) is 27.8 Å². The van der Waals surface area contributed by atoms with E-state index in [1.165, 1.54) is 27.8 Å². The number of nitriles is 1. The summed E-state index contributed by atoms with van der Waals surface area (Å²) in [5, 5.41) is 8.60. The molecular formula is C19H17N. The molecule has 2 aromatic rings. The highest BCUT2D eigenvalue weighted by molar-refractivity contribution is 5.81. The van der Waals surface area contributed by atoms with Crippen LogP contribution in [0.25, 0.3) is 17.2 Å². The Morgan fingerprint density at radius 1 is 1.05 bits per heavy atom. The molecule has 0 saturated carbocycles. The van der Waals surface area contributed by atoms with Crippen molar-refractivity contribution in [1.29, 1.82) is 5.26 Å². The Labute approximate surface area is 120 Å². The molecule has 1 aliphatic carbocycles. The van der Waals surface area contributed by atoms with Gasteiger partial charge in [-0.3, -0.25) is 0 Å². The highest BCUT2D eigenvalue weighted by atomic mass is 14.4. The van der Waals surface area contributed by atoms with E-state index in [9.17, 15) is 0 Å². The van der Waals surface area contributed by atoms with Crippen molar-refractivity contribution in [1.82, 2.24) is 0 Å². The zero-order chi connectivity index (χ0) is 14.2. The molecule has 0 fully saturated rings. The van der Waals surface area contributed by atoms with Crippen LogP contribution in [0.1, 0.15) is 37.0 Å². The van der Waals surface area contributed by atoms with Gasteiger partial charge in [-0.1, -0.05) is 68.5 Å². The molecule has 0 heterocycles. The van der Waals surface area contributed by atoms with E-state index in [4.69, 9.17) is 5.26 Å². The van der Waals surface area contributed by atoms with Gasteiger partial charge in [-0.15, -0.1) is 0 Å². The first-order chi connectivity index (χ1) is 9.64. The molecule has 0 atom stereocenters. The predicted octanol–water partition coefficient (Wildman–Crippen LogP) is 4.92. The van der Waals surface area contributed by atoms with E-state index in [1.807, 2.05) is 12.2 Å². The highest BCUT2D eigenvalue weighted by Gasteiger charge is 2.34. The van der Waals surface area contributed by atoms with Gasteiger partial charge in [0.1, 0.15) is 0 Å². The molecule has 0 amide bonds.